The molecule has 1 N–H and O–H groups in total. The summed E-state index contributed by atoms with van der Waals surface area (Å²) in [5.41, 5.74) is 2.57. The fourth-order valence-corrected chi connectivity index (χ4v) is 5.27. The Bertz CT molecular complexity index is 1390. The highest BCUT2D eigenvalue weighted by atomic mass is 35.5. The van der Waals surface area contributed by atoms with E-state index in [0.29, 0.717) is 29.0 Å². The molecule has 2 amide bonds. The van der Waals surface area contributed by atoms with Gasteiger partial charge in [-0.1, -0.05) is 16.8 Å². The second kappa shape index (κ2) is 8.68. The molecule has 182 valence electrons. The third kappa shape index (κ3) is 3.99. The fourth-order valence-electron chi connectivity index (χ4n) is 5.09. The van der Waals surface area contributed by atoms with E-state index in [0.717, 1.165) is 30.4 Å². The number of hydrogen-bond acceptors (Lipinski definition) is 7. The first-order valence-electron chi connectivity index (χ1n) is 12.0. The third-order valence-corrected chi connectivity index (χ3v) is 7.73. The van der Waals surface area contributed by atoms with Crippen molar-refractivity contribution < 1.29 is 9.59 Å². The van der Waals surface area contributed by atoms with Gasteiger partial charge in [0.2, 0.25) is 11.9 Å². The predicted molar refractivity (Wildman–Crippen MR) is 129 cm³/mol. The van der Waals surface area contributed by atoms with Crippen LogP contribution >= 0.6 is 11.6 Å². The molecule has 0 bridgehead atoms. The molecule has 0 radical (unpaired) electrons. The Balaban J connectivity index is 1.06. The number of hydrogen-bond donors (Lipinski definition) is 1. The Kier molecular flexibility index (Phi) is 5.45. The number of carbonyl (C=O) groups excluding carboxylic acids is 2. The van der Waals surface area contributed by atoms with E-state index in [1.165, 1.54) is 0 Å². The van der Waals surface area contributed by atoms with Crippen molar-refractivity contribution in [2.45, 2.75) is 44.2 Å². The topological polar surface area (TPSA) is 130 Å². The molecule has 3 fully saturated rings. The minimum absolute atomic E-state index is 0.00382. The SMILES string of the molecule is C[C@H](c1cnc(N2C[C@H]3C[C@H]3C2=O)nc1)n1cc(C(=O)N[C@H]2C[C@@H](c3cc(Cl)ccc3C#N)C2)nn1. The Morgan fingerprint density at radius 3 is 2.72 bits per heavy atom. The van der Waals surface area contributed by atoms with Crippen molar-refractivity contribution in [2.75, 3.05) is 11.4 Å². The summed E-state index contributed by atoms with van der Waals surface area (Å²) < 4.78 is 1.60. The highest BCUT2D eigenvalue weighted by molar-refractivity contribution is 6.30. The van der Waals surface area contributed by atoms with Crippen LogP contribution in [0.5, 0.6) is 0 Å². The molecule has 1 saturated heterocycles. The molecular weight excluding hydrogens is 480 g/mol. The van der Waals surface area contributed by atoms with Gasteiger partial charge in [0.15, 0.2) is 5.69 Å². The monoisotopic (exact) mass is 502 g/mol. The fraction of sp³-hybridized carbons (Fsp3) is 0.400. The summed E-state index contributed by atoms with van der Waals surface area (Å²) in [5, 5.41) is 21.1. The zero-order valence-electron chi connectivity index (χ0n) is 19.5. The summed E-state index contributed by atoms with van der Waals surface area (Å²) in [6.07, 6.45) is 7.42. The number of nitrogens with zero attached hydrogens (tertiary/aromatic N) is 7. The molecular formula is C25H23ClN8O2. The van der Waals surface area contributed by atoms with Crippen LogP contribution < -0.4 is 10.2 Å². The molecule has 0 unspecified atom stereocenters. The Morgan fingerprint density at radius 2 is 2.03 bits per heavy atom. The van der Waals surface area contributed by atoms with Gasteiger partial charge in [-0.05, 0) is 61.8 Å². The van der Waals surface area contributed by atoms with E-state index < -0.39 is 0 Å². The number of anilines is 1. The minimum Gasteiger partial charge on any atom is -0.348 e. The average molecular weight is 503 g/mol. The van der Waals surface area contributed by atoms with Gasteiger partial charge in [0.05, 0.1) is 23.9 Å². The third-order valence-electron chi connectivity index (χ3n) is 7.49. The zero-order chi connectivity index (χ0) is 25.0. The lowest BCUT2D eigenvalue weighted by atomic mass is 9.74. The molecule has 3 aliphatic rings. The average Bonchev–Trinajstić information content (AvgIpc) is 3.32. The summed E-state index contributed by atoms with van der Waals surface area (Å²) in [4.78, 5) is 35.4. The van der Waals surface area contributed by atoms with Crippen LogP contribution in [0.4, 0.5) is 5.95 Å². The molecule has 36 heavy (non-hydrogen) atoms. The van der Waals surface area contributed by atoms with E-state index in [1.54, 1.807) is 40.3 Å². The van der Waals surface area contributed by atoms with Crippen molar-refractivity contribution >= 4 is 29.4 Å². The number of aromatic nitrogens is 5. The standard InChI is InChI=1S/C25H23ClN8O2/c1-13(17-9-28-25(29-10-17)33-11-16-6-21(16)24(33)36)34-12-22(31-32-34)23(35)30-19-4-15(5-19)20-7-18(26)3-2-14(20)8-27/h2-3,7,9-10,12-13,15-16,19,21H,4-6,11H2,1H3,(H,30,35)/t13-,15-,16-,19+,21-/m1/s1. The maximum atomic E-state index is 12.7. The van der Waals surface area contributed by atoms with E-state index in [4.69, 9.17) is 11.6 Å². The lowest BCUT2D eigenvalue weighted by molar-refractivity contribution is -0.118. The van der Waals surface area contributed by atoms with Crippen molar-refractivity contribution in [2.24, 2.45) is 11.8 Å². The van der Waals surface area contributed by atoms with Gasteiger partial charge in [-0.3, -0.25) is 14.5 Å². The van der Waals surface area contributed by atoms with E-state index in [-0.39, 0.29) is 41.4 Å². The van der Waals surface area contributed by atoms with Crippen molar-refractivity contribution in [3.63, 3.8) is 0 Å². The van der Waals surface area contributed by atoms with Gasteiger partial charge >= 0.3 is 0 Å². The molecule has 1 aromatic carbocycles. The van der Waals surface area contributed by atoms with Crippen molar-refractivity contribution in [3.05, 3.63) is 64.2 Å². The van der Waals surface area contributed by atoms with Gasteiger partial charge < -0.3 is 5.32 Å². The highest BCUT2D eigenvalue weighted by Crippen LogP contribution is 2.46. The zero-order valence-corrected chi connectivity index (χ0v) is 20.3. The van der Waals surface area contributed by atoms with Crippen molar-refractivity contribution in [3.8, 4) is 6.07 Å². The molecule has 10 nitrogen and oxygen atoms in total. The molecule has 3 aromatic rings. The number of rotatable bonds is 6. The second-order valence-electron chi connectivity index (χ2n) is 9.81. The van der Waals surface area contributed by atoms with Crippen LogP contribution in [0.25, 0.3) is 0 Å². The quantitative estimate of drug-likeness (QED) is 0.548. The van der Waals surface area contributed by atoms with Crippen LogP contribution in [0.3, 0.4) is 0 Å². The number of nitriles is 1. The largest absolute Gasteiger partial charge is 0.348 e. The summed E-state index contributed by atoms with van der Waals surface area (Å²) in [6, 6.07) is 7.24. The van der Waals surface area contributed by atoms with Crippen molar-refractivity contribution in [1.29, 1.82) is 5.26 Å². The second-order valence-corrected chi connectivity index (χ2v) is 10.2. The summed E-state index contributed by atoms with van der Waals surface area (Å²) >= 11 is 6.10. The number of carbonyl (C=O) groups is 2. The lowest BCUT2D eigenvalue weighted by Crippen LogP contribution is -2.43. The van der Waals surface area contributed by atoms with Gasteiger partial charge in [-0.25, -0.2) is 14.6 Å². The van der Waals surface area contributed by atoms with Crippen LogP contribution in [0, 0.1) is 23.2 Å². The molecule has 2 aliphatic carbocycles. The number of fused-ring (bicyclic) bond motifs is 1. The van der Waals surface area contributed by atoms with Crippen LogP contribution in [-0.4, -0.2) is 49.4 Å². The van der Waals surface area contributed by atoms with Crippen LogP contribution in [0.15, 0.2) is 36.8 Å². The van der Waals surface area contributed by atoms with Crippen LogP contribution in [-0.2, 0) is 4.79 Å². The number of piperidine rings is 1. The summed E-state index contributed by atoms with van der Waals surface area (Å²) in [5.74, 6) is 1.05. The first kappa shape index (κ1) is 22.6. The van der Waals surface area contributed by atoms with Gasteiger partial charge in [0, 0.05) is 41.5 Å². The normalized spacial score (nSPS) is 25.0. The Morgan fingerprint density at radius 1 is 1.25 bits per heavy atom. The van der Waals surface area contributed by atoms with E-state index in [9.17, 15) is 14.9 Å². The van der Waals surface area contributed by atoms with Gasteiger partial charge in [0.1, 0.15) is 0 Å². The maximum Gasteiger partial charge on any atom is 0.273 e. The first-order valence-corrected chi connectivity index (χ1v) is 12.3. The molecule has 3 heterocycles. The molecule has 2 aromatic heterocycles. The lowest BCUT2D eigenvalue weighted by Gasteiger charge is -2.36. The van der Waals surface area contributed by atoms with Gasteiger partial charge in [-0.15, -0.1) is 5.10 Å². The minimum atomic E-state index is -0.291. The maximum absolute atomic E-state index is 12.7. The molecule has 2 saturated carbocycles. The van der Waals surface area contributed by atoms with Crippen LogP contribution in [0.2, 0.25) is 5.02 Å². The van der Waals surface area contributed by atoms with Gasteiger partial charge in [0.25, 0.3) is 5.91 Å². The Hall–Kier alpha value is -3.84. The molecule has 1 aliphatic heterocycles. The van der Waals surface area contributed by atoms with E-state index in [1.807, 2.05) is 13.0 Å². The molecule has 11 heteroatoms. The molecule has 6 rings (SSSR count). The van der Waals surface area contributed by atoms with E-state index in [2.05, 4.69) is 31.7 Å². The number of nitrogens with one attached hydrogen (secondary N) is 1. The van der Waals surface area contributed by atoms with Crippen LogP contribution in [0.1, 0.15) is 65.3 Å². The number of amides is 2. The van der Waals surface area contributed by atoms with E-state index >= 15 is 0 Å². The molecule has 3 atom stereocenters. The highest BCUT2D eigenvalue weighted by Gasteiger charge is 2.53. The summed E-state index contributed by atoms with van der Waals surface area (Å²) in [7, 11) is 0. The number of halogens is 1. The molecule has 0 spiro atoms. The smallest absolute Gasteiger partial charge is 0.273 e. The summed E-state index contributed by atoms with van der Waals surface area (Å²) in [6.45, 7) is 2.61. The predicted octanol–water partition coefficient (Wildman–Crippen LogP) is 2.86. The number of benzene rings is 1. The first-order chi connectivity index (χ1) is 17.4. The van der Waals surface area contributed by atoms with Gasteiger partial charge in [-0.2, -0.15) is 5.26 Å². The Labute approximate surface area is 212 Å². The van der Waals surface area contributed by atoms with Crippen molar-refractivity contribution in [1.82, 2.24) is 30.3 Å².